The normalized spacial score (nSPS) is 13.8. The first-order chi connectivity index (χ1) is 9.36. The van der Waals surface area contributed by atoms with Crippen molar-refractivity contribution >= 4 is 12.0 Å². The molecule has 0 heterocycles. The number of carboxylic acid groups (broad SMARTS) is 1. The van der Waals surface area contributed by atoms with Crippen LogP contribution in [0.5, 0.6) is 0 Å². The maximum absolute atomic E-state index is 11.5. The van der Waals surface area contributed by atoms with E-state index in [0.717, 1.165) is 6.42 Å². The van der Waals surface area contributed by atoms with E-state index in [1.807, 2.05) is 6.92 Å². The molecule has 0 aromatic rings. The molecule has 20 heavy (non-hydrogen) atoms. The third-order valence-electron chi connectivity index (χ3n) is 3.42. The predicted octanol–water partition coefficient (Wildman–Crippen LogP) is 1.85. The van der Waals surface area contributed by atoms with Crippen molar-refractivity contribution in [1.29, 1.82) is 0 Å². The summed E-state index contributed by atoms with van der Waals surface area (Å²) in [5.41, 5.74) is 0. The van der Waals surface area contributed by atoms with Crippen molar-refractivity contribution in [3.05, 3.63) is 0 Å². The summed E-state index contributed by atoms with van der Waals surface area (Å²) in [5, 5.41) is 14.2. The zero-order valence-electron chi connectivity index (χ0n) is 12.9. The number of methoxy groups -OCH3 is 1. The zero-order valence-corrected chi connectivity index (χ0v) is 12.9. The minimum atomic E-state index is -0.769. The van der Waals surface area contributed by atoms with Gasteiger partial charge >= 0.3 is 12.0 Å². The van der Waals surface area contributed by atoms with E-state index < -0.39 is 5.97 Å². The highest BCUT2D eigenvalue weighted by atomic mass is 16.5. The maximum Gasteiger partial charge on any atom is 0.314 e. The molecule has 0 saturated carbocycles. The van der Waals surface area contributed by atoms with Gasteiger partial charge in [0.05, 0.1) is 6.10 Å². The van der Waals surface area contributed by atoms with Gasteiger partial charge in [-0.2, -0.15) is 0 Å². The average molecular weight is 288 g/mol. The lowest BCUT2D eigenvalue weighted by molar-refractivity contribution is -0.137. The monoisotopic (exact) mass is 288 g/mol. The maximum atomic E-state index is 11.5. The number of nitrogens with one attached hydrogen (secondary N) is 2. The lowest BCUT2D eigenvalue weighted by Crippen LogP contribution is -2.40. The number of carbonyl (C=O) groups is 2. The Balaban J connectivity index is 3.87. The Bertz CT molecular complexity index is 295. The molecule has 118 valence electrons. The van der Waals surface area contributed by atoms with Gasteiger partial charge in [-0.15, -0.1) is 0 Å². The molecule has 0 aromatic heterocycles. The molecule has 0 aliphatic carbocycles. The van der Waals surface area contributed by atoms with Gasteiger partial charge in [0.2, 0.25) is 0 Å². The molecule has 0 aliphatic rings. The van der Waals surface area contributed by atoms with Gasteiger partial charge in [0.1, 0.15) is 0 Å². The van der Waals surface area contributed by atoms with E-state index in [1.165, 1.54) is 0 Å². The Morgan fingerprint density at radius 3 is 2.30 bits per heavy atom. The first-order valence-electron chi connectivity index (χ1n) is 7.13. The summed E-state index contributed by atoms with van der Waals surface area (Å²) in [4.78, 5) is 22.1. The molecular formula is C14H28N2O4. The molecule has 2 amide bonds. The summed E-state index contributed by atoms with van der Waals surface area (Å²) in [6.45, 7) is 7.05. The van der Waals surface area contributed by atoms with Gasteiger partial charge in [0.15, 0.2) is 0 Å². The first kappa shape index (κ1) is 18.7. The van der Waals surface area contributed by atoms with Crippen LogP contribution >= 0.6 is 0 Å². The molecule has 0 radical (unpaired) electrons. The second-order valence-corrected chi connectivity index (χ2v) is 5.41. The van der Waals surface area contributed by atoms with Crippen molar-refractivity contribution in [2.24, 2.45) is 11.8 Å². The van der Waals surface area contributed by atoms with Gasteiger partial charge < -0.3 is 20.5 Å². The van der Waals surface area contributed by atoms with Crippen LogP contribution in [0.1, 0.15) is 40.0 Å². The fraction of sp³-hybridized carbons (Fsp3) is 0.857. The van der Waals surface area contributed by atoms with Gasteiger partial charge in [-0.05, 0) is 31.6 Å². The number of hydrogen-bond acceptors (Lipinski definition) is 3. The Labute approximate surface area is 121 Å². The van der Waals surface area contributed by atoms with E-state index in [1.54, 1.807) is 7.11 Å². The van der Waals surface area contributed by atoms with E-state index in [0.29, 0.717) is 31.3 Å². The SMILES string of the molecule is COC(C)CNC(=O)NCCC(CCC(=O)O)C(C)C. The lowest BCUT2D eigenvalue weighted by atomic mass is 9.88. The molecule has 2 atom stereocenters. The molecule has 0 fully saturated rings. The zero-order chi connectivity index (χ0) is 15.5. The highest BCUT2D eigenvalue weighted by Gasteiger charge is 2.15. The molecule has 6 heteroatoms. The summed E-state index contributed by atoms with van der Waals surface area (Å²) >= 11 is 0. The molecule has 2 unspecified atom stereocenters. The van der Waals surface area contributed by atoms with Crippen LogP contribution in [0.4, 0.5) is 4.79 Å². The third kappa shape index (κ3) is 9.61. The van der Waals surface area contributed by atoms with Gasteiger partial charge in [0.25, 0.3) is 0 Å². The van der Waals surface area contributed by atoms with Crippen molar-refractivity contribution < 1.29 is 19.4 Å². The van der Waals surface area contributed by atoms with Gasteiger partial charge in [-0.1, -0.05) is 13.8 Å². The molecule has 0 aromatic carbocycles. The van der Waals surface area contributed by atoms with Gasteiger partial charge in [-0.3, -0.25) is 4.79 Å². The van der Waals surface area contributed by atoms with Crippen LogP contribution in [0.2, 0.25) is 0 Å². The van der Waals surface area contributed by atoms with Crippen molar-refractivity contribution in [2.75, 3.05) is 20.2 Å². The lowest BCUT2D eigenvalue weighted by Gasteiger charge is -2.20. The second kappa shape index (κ2) is 10.5. The van der Waals surface area contributed by atoms with Crippen molar-refractivity contribution in [2.45, 2.75) is 46.1 Å². The van der Waals surface area contributed by atoms with E-state index >= 15 is 0 Å². The fourth-order valence-corrected chi connectivity index (χ4v) is 1.87. The van der Waals surface area contributed by atoms with Crippen LogP contribution < -0.4 is 10.6 Å². The Morgan fingerprint density at radius 2 is 1.80 bits per heavy atom. The molecule has 3 N–H and O–H groups in total. The number of carbonyl (C=O) groups excluding carboxylic acids is 1. The predicted molar refractivity (Wildman–Crippen MR) is 77.7 cm³/mol. The Morgan fingerprint density at radius 1 is 1.15 bits per heavy atom. The summed E-state index contributed by atoms with van der Waals surface area (Å²) < 4.78 is 5.03. The molecular weight excluding hydrogens is 260 g/mol. The molecule has 0 spiro atoms. The van der Waals surface area contributed by atoms with Crippen molar-refractivity contribution in [3.63, 3.8) is 0 Å². The van der Waals surface area contributed by atoms with Crippen molar-refractivity contribution in [1.82, 2.24) is 10.6 Å². The van der Waals surface area contributed by atoms with Crippen LogP contribution in [0, 0.1) is 11.8 Å². The van der Waals surface area contributed by atoms with E-state index in [-0.39, 0.29) is 18.6 Å². The molecule has 0 bridgehead atoms. The minimum absolute atomic E-state index is 0.0141. The number of hydrogen-bond donors (Lipinski definition) is 3. The number of amides is 2. The quantitative estimate of drug-likeness (QED) is 0.572. The van der Waals surface area contributed by atoms with E-state index in [2.05, 4.69) is 24.5 Å². The Hall–Kier alpha value is -1.30. The molecule has 0 saturated heterocycles. The van der Waals surface area contributed by atoms with Crippen LogP contribution in [0.15, 0.2) is 0 Å². The second-order valence-electron chi connectivity index (χ2n) is 5.41. The number of rotatable bonds is 10. The van der Waals surface area contributed by atoms with E-state index in [9.17, 15) is 9.59 Å². The fourth-order valence-electron chi connectivity index (χ4n) is 1.87. The first-order valence-corrected chi connectivity index (χ1v) is 7.13. The Kier molecular flexibility index (Phi) is 9.80. The largest absolute Gasteiger partial charge is 0.481 e. The number of carboxylic acids is 1. The molecule has 6 nitrogen and oxygen atoms in total. The van der Waals surface area contributed by atoms with Crippen LogP contribution in [-0.4, -0.2) is 43.4 Å². The van der Waals surface area contributed by atoms with Crippen molar-refractivity contribution in [3.8, 4) is 0 Å². The van der Waals surface area contributed by atoms with Crippen LogP contribution in [0.3, 0.4) is 0 Å². The van der Waals surface area contributed by atoms with Crippen LogP contribution in [-0.2, 0) is 9.53 Å². The van der Waals surface area contributed by atoms with Crippen LogP contribution in [0.25, 0.3) is 0 Å². The van der Waals surface area contributed by atoms with Gasteiger partial charge in [0, 0.05) is 26.6 Å². The highest BCUT2D eigenvalue weighted by Crippen LogP contribution is 2.20. The minimum Gasteiger partial charge on any atom is -0.481 e. The van der Waals surface area contributed by atoms with E-state index in [4.69, 9.17) is 9.84 Å². The molecule has 0 aliphatic heterocycles. The standard InChI is InChI=1S/C14H28N2O4/c1-10(2)12(5-6-13(17)18)7-8-15-14(19)16-9-11(3)20-4/h10-12H,5-9H2,1-4H3,(H,17,18)(H2,15,16,19). The smallest absolute Gasteiger partial charge is 0.314 e. The number of aliphatic carboxylic acids is 1. The number of ether oxygens (including phenoxy) is 1. The summed E-state index contributed by atoms with van der Waals surface area (Å²) in [6.07, 6.45) is 1.61. The van der Waals surface area contributed by atoms with Gasteiger partial charge in [-0.25, -0.2) is 4.79 Å². The summed E-state index contributed by atoms with van der Waals surface area (Å²) in [7, 11) is 1.60. The average Bonchev–Trinajstić information content (AvgIpc) is 2.38. The molecule has 0 rings (SSSR count). The summed E-state index contributed by atoms with van der Waals surface area (Å²) in [6, 6.07) is -0.213. The highest BCUT2D eigenvalue weighted by molar-refractivity contribution is 5.73. The summed E-state index contributed by atoms with van der Waals surface area (Å²) in [5.74, 6) is -0.0491. The topological polar surface area (TPSA) is 87.7 Å². The third-order valence-corrected chi connectivity index (χ3v) is 3.42. The number of urea groups is 1.